The van der Waals surface area contributed by atoms with Gasteiger partial charge in [0.1, 0.15) is 0 Å². The number of hydrogen-bond donors (Lipinski definition) is 1. The summed E-state index contributed by atoms with van der Waals surface area (Å²) in [5, 5.41) is 2.92. The zero-order chi connectivity index (χ0) is 15.1. The standard InChI is InChI=1S/C16H22N2O3/c1-21-15(19)11-14-9-5-6-10-18(14)16(20)17-12-13-7-3-2-4-8-13/h2-4,7-8,14H,5-6,9-12H2,1H3,(H,17,20). The number of ether oxygens (including phenoxy) is 1. The molecule has 0 bridgehead atoms. The van der Waals surface area contributed by atoms with E-state index in [1.54, 1.807) is 4.90 Å². The van der Waals surface area contributed by atoms with Gasteiger partial charge in [-0.3, -0.25) is 4.79 Å². The van der Waals surface area contributed by atoms with Gasteiger partial charge in [-0.05, 0) is 24.8 Å². The molecule has 0 saturated carbocycles. The monoisotopic (exact) mass is 290 g/mol. The molecule has 1 fully saturated rings. The van der Waals surface area contributed by atoms with Crippen LogP contribution in [0.2, 0.25) is 0 Å². The van der Waals surface area contributed by atoms with Crippen LogP contribution in [0.3, 0.4) is 0 Å². The number of nitrogens with zero attached hydrogens (tertiary/aromatic N) is 1. The fraction of sp³-hybridized carbons (Fsp3) is 0.500. The number of rotatable bonds is 4. The molecular weight excluding hydrogens is 268 g/mol. The Balaban J connectivity index is 1.90. The van der Waals surface area contributed by atoms with Gasteiger partial charge in [-0.2, -0.15) is 0 Å². The Hall–Kier alpha value is -2.04. The summed E-state index contributed by atoms with van der Waals surface area (Å²) >= 11 is 0. The van der Waals surface area contributed by atoms with Gasteiger partial charge in [0.15, 0.2) is 0 Å². The van der Waals surface area contributed by atoms with Crippen molar-refractivity contribution in [1.29, 1.82) is 0 Å². The van der Waals surface area contributed by atoms with Crippen molar-refractivity contribution < 1.29 is 14.3 Å². The Morgan fingerprint density at radius 2 is 2.05 bits per heavy atom. The summed E-state index contributed by atoms with van der Waals surface area (Å²) in [6, 6.07) is 9.63. The van der Waals surface area contributed by atoms with Gasteiger partial charge in [-0.25, -0.2) is 4.79 Å². The van der Waals surface area contributed by atoms with Gasteiger partial charge in [0.05, 0.1) is 13.5 Å². The maximum absolute atomic E-state index is 12.3. The van der Waals surface area contributed by atoms with Crippen LogP contribution in [0.4, 0.5) is 4.79 Å². The van der Waals surface area contributed by atoms with Crippen molar-refractivity contribution in [2.75, 3.05) is 13.7 Å². The number of amides is 2. The first-order valence-corrected chi connectivity index (χ1v) is 7.36. The van der Waals surface area contributed by atoms with Crippen molar-refractivity contribution >= 4 is 12.0 Å². The lowest BCUT2D eigenvalue weighted by molar-refractivity contribution is -0.142. The second-order valence-corrected chi connectivity index (χ2v) is 5.27. The fourth-order valence-electron chi connectivity index (χ4n) is 2.63. The van der Waals surface area contributed by atoms with E-state index in [1.165, 1.54) is 7.11 Å². The topological polar surface area (TPSA) is 58.6 Å². The number of esters is 1. The van der Waals surface area contributed by atoms with Crippen molar-refractivity contribution in [3.63, 3.8) is 0 Å². The smallest absolute Gasteiger partial charge is 0.317 e. The molecule has 114 valence electrons. The number of hydrogen-bond acceptors (Lipinski definition) is 3. The molecule has 1 unspecified atom stereocenters. The number of carbonyl (C=O) groups excluding carboxylic acids is 2. The number of carbonyl (C=O) groups is 2. The summed E-state index contributed by atoms with van der Waals surface area (Å²) in [5.41, 5.74) is 1.06. The molecule has 2 amide bonds. The Labute approximate surface area is 125 Å². The van der Waals surface area contributed by atoms with Crippen LogP contribution in [0.5, 0.6) is 0 Å². The minimum atomic E-state index is -0.261. The molecule has 1 aromatic rings. The second kappa shape index (κ2) is 7.67. The molecule has 1 aromatic carbocycles. The average Bonchev–Trinajstić information content (AvgIpc) is 2.54. The summed E-state index contributed by atoms with van der Waals surface area (Å²) in [7, 11) is 1.38. The van der Waals surface area contributed by atoms with Crippen molar-refractivity contribution in [3.8, 4) is 0 Å². The summed E-state index contributed by atoms with van der Waals surface area (Å²) in [6.07, 6.45) is 3.16. The molecular formula is C16H22N2O3. The normalized spacial score (nSPS) is 18.1. The lowest BCUT2D eigenvalue weighted by Gasteiger charge is -2.35. The van der Waals surface area contributed by atoms with Gasteiger partial charge < -0.3 is 15.0 Å². The van der Waals surface area contributed by atoms with Crippen LogP contribution in [0, 0.1) is 0 Å². The van der Waals surface area contributed by atoms with Crippen LogP contribution in [0.25, 0.3) is 0 Å². The first kappa shape index (κ1) is 15.4. The largest absolute Gasteiger partial charge is 0.469 e. The van der Waals surface area contributed by atoms with Crippen molar-refractivity contribution in [2.45, 2.75) is 38.3 Å². The molecule has 1 heterocycles. The molecule has 1 saturated heterocycles. The Bertz CT molecular complexity index is 476. The van der Waals surface area contributed by atoms with Crippen molar-refractivity contribution in [1.82, 2.24) is 10.2 Å². The maximum atomic E-state index is 12.3. The lowest BCUT2D eigenvalue weighted by atomic mass is 10.00. The van der Waals surface area contributed by atoms with E-state index in [1.807, 2.05) is 30.3 Å². The summed E-state index contributed by atoms with van der Waals surface area (Å²) in [5.74, 6) is -0.261. The molecule has 5 heteroatoms. The molecule has 0 aromatic heterocycles. The number of methoxy groups -OCH3 is 1. The number of urea groups is 1. The van der Waals surface area contributed by atoms with Gasteiger partial charge in [-0.15, -0.1) is 0 Å². The van der Waals surface area contributed by atoms with Gasteiger partial charge in [-0.1, -0.05) is 30.3 Å². The Morgan fingerprint density at radius 3 is 2.76 bits per heavy atom. The average molecular weight is 290 g/mol. The molecule has 1 N–H and O–H groups in total. The molecule has 21 heavy (non-hydrogen) atoms. The van der Waals surface area contributed by atoms with Gasteiger partial charge in [0.25, 0.3) is 0 Å². The van der Waals surface area contributed by atoms with E-state index in [0.29, 0.717) is 13.1 Å². The van der Waals surface area contributed by atoms with Crippen molar-refractivity contribution in [3.05, 3.63) is 35.9 Å². The quantitative estimate of drug-likeness (QED) is 0.866. The molecule has 0 aliphatic carbocycles. The lowest BCUT2D eigenvalue weighted by Crippen LogP contribution is -2.49. The Morgan fingerprint density at radius 1 is 1.29 bits per heavy atom. The van der Waals surface area contributed by atoms with E-state index in [2.05, 4.69) is 5.32 Å². The van der Waals surface area contributed by atoms with Crippen LogP contribution >= 0.6 is 0 Å². The van der Waals surface area contributed by atoms with E-state index < -0.39 is 0 Å². The molecule has 1 aliphatic heterocycles. The number of benzene rings is 1. The van der Waals surface area contributed by atoms with Gasteiger partial charge in [0.2, 0.25) is 0 Å². The highest BCUT2D eigenvalue weighted by molar-refractivity contribution is 5.76. The molecule has 1 aliphatic rings. The van der Waals surface area contributed by atoms with Crippen LogP contribution in [0.15, 0.2) is 30.3 Å². The van der Waals surface area contributed by atoms with E-state index in [4.69, 9.17) is 4.74 Å². The summed E-state index contributed by atoms with van der Waals surface area (Å²) in [6.45, 7) is 1.20. The van der Waals surface area contributed by atoms with E-state index in [0.717, 1.165) is 24.8 Å². The molecule has 1 atom stereocenters. The van der Waals surface area contributed by atoms with Crippen molar-refractivity contribution in [2.24, 2.45) is 0 Å². The molecule has 0 radical (unpaired) electrons. The number of nitrogens with one attached hydrogen (secondary N) is 1. The van der Waals surface area contributed by atoms with Crippen LogP contribution in [-0.4, -0.2) is 36.6 Å². The summed E-state index contributed by atoms with van der Waals surface area (Å²) < 4.78 is 4.71. The van der Waals surface area contributed by atoms with E-state index in [-0.39, 0.29) is 24.5 Å². The predicted octanol–water partition coefficient (Wildman–Crippen LogP) is 2.31. The van der Waals surface area contributed by atoms with Crippen LogP contribution < -0.4 is 5.32 Å². The Kier molecular flexibility index (Phi) is 5.60. The SMILES string of the molecule is COC(=O)CC1CCCCN1C(=O)NCc1ccccc1. The van der Waals surface area contributed by atoms with E-state index >= 15 is 0 Å². The highest BCUT2D eigenvalue weighted by atomic mass is 16.5. The zero-order valence-corrected chi connectivity index (χ0v) is 12.4. The van der Waals surface area contributed by atoms with E-state index in [9.17, 15) is 9.59 Å². The van der Waals surface area contributed by atoms with Crippen LogP contribution in [0.1, 0.15) is 31.2 Å². The van der Waals surface area contributed by atoms with Crippen LogP contribution in [-0.2, 0) is 16.1 Å². The number of piperidine rings is 1. The first-order valence-electron chi connectivity index (χ1n) is 7.36. The van der Waals surface area contributed by atoms with Gasteiger partial charge >= 0.3 is 12.0 Å². The predicted molar refractivity (Wildman–Crippen MR) is 79.7 cm³/mol. The third kappa shape index (κ3) is 4.48. The minimum Gasteiger partial charge on any atom is -0.469 e. The molecule has 0 spiro atoms. The summed E-state index contributed by atoms with van der Waals surface area (Å²) in [4.78, 5) is 25.5. The van der Waals surface area contributed by atoms with Gasteiger partial charge in [0, 0.05) is 19.1 Å². The second-order valence-electron chi connectivity index (χ2n) is 5.27. The maximum Gasteiger partial charge on any atom is 0.317 e. The number of likely N-dealkylation sites (tertiary alicyclic amines) is 1. The first-order chi connectivity index (χ1) is 10.2. The third-order valence-electron chi connectivity index (χ3n) is 3.80. The third-order valence-corrected chi connectivity index (χ3v) is 3.80. The minimum absolute atomic E-state index is 0.0537. The molecule has 5 nitrogen and oxygen atoms in total. The highest BCUT2D eigenvalue weighted by Gasteiger charge is 2.28. The zero-order valence-electron chi connectivity index (χ0n) is 12.4. The highest BCUT2D eigenvalue weighted by Crippen LogP contribution is 2.20. The molecule has 2 rings (SSSR count). The fourth-order valence-corrected chi connectivity index (χ4v) is 2.63.